The van der Waals surface area contributed by atoms with E-state index in [1.165, 1.54) is 18.6 Å². The van der Waals surface area contributed by atoms with E-state index in [0.717, 1.165) is 11.7 Å². The summed E-state index contributed by atoms with van der Waals surface area (Å²) in [5, 5.41) is 4.53. The average molecular weight is 172 g/mol. The van der Waals surface area contributed by atoms with E-state index in [2.05, 4.69) is 24.2 Å². The van der Waals surface area contributed by atoms with Crippen molar-refractivity contribution in [3.8, 4) is 0 Å². The molecule has 0 aliphatic carbocycles. The first kappa shape index (κ1) is 8.91. The van der Waals surface area contributed by atoms with Gasteiger partial charge in [-0.25, -0.2) is 0 Å². The molecule has 64 valence electrons. The molecule has 11 heavy (non-hydrogen) atoms. The van der Waals surface area contributed by atoms with Crippen LogP contribution in [0, 0.1) is 0 Å². The summed E-state index contributed by atoms with van der Waals surface area (Å²) in [6.45, 7) is 5.38. The number of amidine groups is 1. The van der Waals surface area contributed by atoms with E-state index in [-0.39, 0.29) is 0 Å². The molecule has 0 saturated heterocycles. The molecule has 1 heterocycles. The van der Waals surface area contributed by atoms with Crippen LogP contribution in [0.5, 0.6) is 0 Å². The molecule has 1 aliphatic heterocycles. The highest BCUT2D eigenvalue weighted by Crippen LogP contribution is 2.10. The topological polar surface area (TPSA) is 24.4 Å². The van der Waals surface area contributed by atoms with Crippen molar-refractivity contribution in [2.24, 2.45) is 4.99 Å². The van der Waals surface area contributed by atoms with Crippen LogP contribution in [-0.2, 0) is 0 Å². The zero-order chi connectivity index (χ0) is 8.10. The van der Waals surface area contributed by atoms with Crippen LogP contribution in [-0.4, -0.2) is 23.5 Å². The van der Waals surface area contributed by atoms with E-state index in [4.69, 9.17) is 0 Å². The smallest absolute Gasteiger partial charge is 0.156 e. The molecule has 0 radical (unpaired) electrons. The summed E-state index contributed by atoms with van der Waals surface area (Å²) in [7, 11) is 0. The van der Waals surface area contributed by atoms with Gasteiger partial charge in [-0.05, 0) is 19.8 Å². The average Bonchev–Trinajstić information content (AvgIpc) is 2.06. The van der Waals surface area contributed by atoms with Crippen LogP contribution in [0.1, 0.15) is 26.7 Å². The largest absolute Gasteiger partial charge is 0.362 e. The van der Waals surface area contributed by atoms with E-state index < -0.39 is 0 Å². The van der Waals surface area contributed by atoms with Crippen LogP contribution in [0.4, 0.5) is 0 Å². The second-order valence-electron chi connectivity index (χ2n) is 2.84. The van der Waals surface area contributed by atoms with Crippen LogP contribution in [0.15, 0.2) is 4.99 Å². The summed E-state index contributed by atoms with van der Waals surface area (Å²) in [6, 6.07) is 0.569. The lowest BCUT2D eigenvalue weighted by Crippen LogP contribution is -2.31. The zero-order valence-electron chi connectivity index (χ0n) is 7.26. The standard InChI is InChI=1S/C8H16N2S/c1-3-7(2)10-8-9-5-4-6-11-8/h7H,3-6H2,1-2H3,(H,9,10). The normalized spacial score (nSPS) is 20.7. The van der Waals surface area contributed by atoms with Crippen LogP contribution in [0.3, 0.4) is 0 Å². The Labute approximate surface area is 72.9 Å². The van der Waals surface area contributed by atoms with E-state index in [1.807, 2.05) is 11.8 Å². The van der Waals surface area contributed by atoms with Gasteiger partial charge in [0.2, 0.25) is 0 Å². The molecule has 0 amide bonds. The van der Waals surface area contributed by atoms with E-state index in [1.54, 1.807) is 0 Å². The molecule has 0 aromatic rings. The molecule has 3 heteroatoms. The summed E-state index contributed by atoms with van der Waals surface area (Å²) in [6.07, 6.45) is 2.40. The molecule has 1 rings (SSSR count). The van der Waals surface area contributed by atoms with Crippen LogP contribution < -0.4 is 5.32 Å². The number of rotatable bonds is 2. The first-order valence-electron chi connectivity index (χ1n) is 4.26. The first-order valence-corrected chi connectivity index (χ1v) is 5.25. The van der Waals surface area contributed by atoms with Gasteiger partial charge >= 0.3 is 0 Å². The Hall–Kier alpha value is -0.180. The van der Waals surface area contributed by atoms with Gasteiger partial charge in [0.15, 0.2) is 5.17 Å². The van der Waals surface area contributed by atoms with Crippen molar-refractivity contribution in [1.29, 1.82) is 0 Å². The van der Waals surface area contributed by atoms with Crippen molar-refractivity contribution in [2.75, 3.05) is 12.3 Å². The minimum Gasteiger partial charge on any atom is -0.362 e. The van der Waals surface area contributed by atoms with Crippen molar-refractivity contribution in [3.05, 3.63) is 0 Å². The fraction of sp³-hybridized carbons (Fsp3) is 0.875. The number of hydrogen-bond acceptors (Lipinski definition) is 3. The molecule has 0 spiro atoms. The number of nitrogens with zero attached hydrogens (tertiary/aromatic N) is 1. The van der Waals surface area contributed by atoms with Gasteiger partial charge < -0.3 is 5.32 Å². The Bertz CT molecular complexity index is 145. The van der Waals surface area contributed by atoms with Crippen molar-refractivity contribution >= 4 is 16.9 Å². The summed E-state index contributed by atoms with van der Waals surface area (Å²) in [5.74, 6) is 1.22. The molecule has 0 bridgehead atoms. The molecule has 0 aromatic heterocycles. The van der Waals surface area contributed by atoms with Crippen molar-refractivity contribution < 1.29 is 0 Å². The Morgan fingerprint density at radius 1 is 1.73 bits per heavy atom. The summed E-state index contributed by atoms with van der Waals surface area (Å²) >= 11 is 1.85. The maximum atomic E-state index is 4.39. The molecule has 1 N–H and O–H groups in total. The first-order chi connectivity index (χ1) is 5.33. The van der Waals surface area contributed by atoms with Crippen molar-refractivity contribution in [3.63, 3.8) is 0 Å². The van der Waals surface area contributed by atoms with Crippen LogP contribution in [0.25, 0.3) is 0 Å². The lowest BCUT2D eigenvalue weighted by atomic mass is 10.3. The maximum absolute atomic E-state index is 4.39. The predicted octanol–water partition coefficient (Wildman–Crippen LogP) is 1.87. The highest BCUT2D eigenvalue weighted by molar-refractivity contribution is 8.13. The van der Waals surface area contributed by atoms with Gasteiger partial charge in [0.1, 0.15) is 0 Å². The lowest BCUT2D eigenvalue weighted by molar-refractivity contribution is 0.644. The highest BCUT2D eigenvalue weighted by atomic mass is 32.2. The molecular formula is C8H16N2S. The number of nitrogens with one attached hydrogen (secondary N) is 1. The fourth-order valence-electron chi connectivity index (χ4n) is 0.860. The number of thioether (sulfide) groups is 1. The monoisotopic (exact) mass is 172 g/mol. The molecule has 1 unspecified atom stereocenters. The van der Waals surface area contributed by atoms with E-state index >= 15 is 0 Å². The summed E-state index contributed by atoms with van der Waals surface area (Å²) < 4.78 is 0. The van der Waals surface area contributed by atoms with Gasteiger partial charge in [-0.15, -0.1) is 0 Å². The molecular weight excluding hydrogens is 156 g/mol. The van der Waals surface area contributed by atoms with Gasteiger partial charge in [0, 0.05) is 18.3 Å². The number of hydrogen-bond donors (Lipinski definition) is 1. The van der Waals surface area contributed by atoms with E-state index in [0.29, 0.717) is 6.04 Å². The molecule has 2 nitrogen and oxygen atoms in total. The third-order valence-corrected chi connectivity index (χ3v) is 2.79. The van der Waals surface area contributed by atoms with Gasteiger partial charge in [-0.1, -0.05) is 18.7 Å². The predicted molar refractivity (Wildman–Crippen MR) is 52.3 cm³/mol. The van der Waals surface area contributed by atoms with Gasteiger partial charge in [0.05, 0.1) is 0 Å². The van der Waals surface area contributed by atoms with Crippen molar-refractivity contribution in [2.45, 2.75) is 32.7 Å². The molecule has 0 fully saturated rings. The van der Waals surface area contributed by atoms with Gasteiger partial charge in [-0.3, -0.25) is 4.99 Å². The van der Waals surface area contributed by atoms with Crippen LogP contribution in [0.2, 0.25) is 0 Å². The zero-order valence-corrected chi connectivity index (χ0v) is 8.08. The maximum Gasteiger partial charge on any atom is 0.156 e. The molecule has 1 aliphatic rings. The Morgan fingerprint density at radius 2 is 2.55 bits per heavy atom. The second-order valence-corrected chi connectivity index (χ2v) is 3.93. The third kappa shape index (κ3) is 3.14. The molecule has 1 atom stereocenters. The lowest BCUT2D eigenvalue weighted by Gasteiger charge is -2.17. The third-order valence-electron chi connectivity index (χ3n) is 1.78. The van der Waals surface area contributed by atoms with Gasteiger partial charge in [-0.2, -0.15) is 0 Å². The molecule has 0 saturated carbocycles. The highest BCUT2D eigenvalue weighted by Gasteiger charge is 2.06. The van der Waals surface area contributed by atoms with Crippen LogP contribution >= 0.6 is 11.8 Å². The molecule has 0 aromatic carbocycles. The van der Waals surface area contributed by atoms with Gasteiger partial charge in [0.25, 0.3) is 0 Å². The quantitative estimate of drug-likeness (QED) is 0.687. The fourth-order valence-corrected chi connectivity index (χ4v) is 1.79. The SMILES string of the molecule is CCC(C)NC1=NCCCS1. The number of aliphatic imine (C=N–C) groups is 1. The summed E-state index contributed by atoms with van der Waals surface area (Å²) in [5.41, 5.74) is 0. The Kier molecular flexibility index (Phi) is 3.77. The Morgan fingerprint density at radius 3 is 3.09 bits per heavy atom. The second kappa shape index (κ2) is 4.65. The van der Waals surface area contributed by atoms with Crippen molar-refractivity contribution in [1.82, 2.24) is 5.32 Å². The summed E-state index contributed by atoms with van der Waals surface area (Å²) in [4.78, 5) is 4.39. The van der Waals surface area contributed by atoms with E-state index in [9.17, 15) is 0 Å². The Balaban J connectivity index is 2.29. The minimum atomic E-state index is 0.569. The minimum absolute atomic E-state index is 0.569.